The van der Waals surface area contributed by atoms with Crippen molar-refractivity contribution < 1.29 is 27.8 Å². The smallest absolute Gasteiger partial charge is 0.408 e. The van der Waals surface area contributed by atoms with E-state index in [0.717, 1.165) is 24.0 Å². The maximum atomic E-state index is 14.0. The quantitative estimate of drug-likeness (QED) is 0.561. The molecule has 0 radical (unpaired) electrons. The van der Waals surface area contributed by atoms with Crippen LogP contribution in [0.1, 0.15) is 43.2 Å². The Bertz CT molecular complexity index is 926. The van der Waals surface area contributed by atoms with Gasteiger partial charge in [0.2, 0.25) is 0 Å². The van der Waals surface area contributed by atoms with Gasteiger partial charge in [0.1, 0.15) is 18.8 Å². The molecule has 5 nitrogen and oxygen atoms in total. The van der Waals surface area contributed by atoms with Gasteiger partial charge in [-0.15, -0.1) is 0 Å². The topological polar surface area (TPSA) is 61.8 Å². The second-order valence-corrected chi connectivity index (χ2v) is 9.24. The molecular weight excluding hydrogens is 445 g/mol. The molecule has 1 aliphatic carbocycles. The molecule has 0 aromatic heterocycles. The van der Waals surface area contributed by atoms with E-state index in [1.807, 2.05) is 48.5 Å². The van der Waals surface area contributed by atoms with Gasteiger partial charge in [0, 0.05) is 6.04 Å². The number of fused-ring (bicyclic) bond motifs is 1. The first-order valence-corrected chi connectivity index (χ1v) is 11.9. The highest BCUT2D eigenvalue weighted by Crippen LogP contribution is 2.47. The minimum absolute atomic E-state index is 0.00316. The minimum atomic E-state index is -4.45. The molecule has 2 aromatic carbocycles. The van der Waals surface area contributed by atoms with E-state index in [-0.39, 0.29) is 31.4 Å². The van der Waals surface area contributed by atoms with Crippen LogP contribution in [-0.4, -0.2) is 46.6 Å². The minimum Gasteiger partial charge on any atom is -0.445 e. The molecule has 8 heteroatoms. The molecule has 1 amide bonds. The number of nitrogens with zero attached hydrogens (tertiary/aromatic N) is 1. The highest BCUT2D eigenvalue weighted by atomic mass is 19.4. The number of benzene rings is 2. The largest absolute Gasteiger partial charge is 0.445 e. The summed E-state index contributed by atoms with van der Waals surface area (Å²) in [5.41, 5.74) is 1.74. The van der Waals surface area contributed by atoms with Gasteiger partial charge in [0.05, 0.1) is 6.10 Å². The third-order valence-corrected chi connectivity index (χ3v) is 7.00. The monoisotopic (exact) mass is 476 g/mol. The SMILES string of the molecule is O=C(NC(C(O)CCc1ccccc1)N1[C@H](C(F)(F)F)C[C@@H]2CCC[C@@H]21)OCc1ccccc1. The molecule has 2 N–H and O–H groups in total. The Morgan fingerprint density at radius 3 is 2.35 bits per heavy atom. The summed E-state index contributed by atoms with van der Waals surface area (Å²) in [6, 6.07) is 16.5. The number of alkyl carbamates (subject to hydrolysis) is 1. The third-order valence-electron chi connectivity index (χ3n) is 7.00. The second-order valence-electron chi connectivity index (χ2n) is 9.24. The number of ether oxygens (including phenoxy) is 1. The number of hydrogen-bond donors (Lipinski definition) is 2. The zero-order valence-corrected chi connectivity index (χ0v) is 19.0. The van der Waals surface area contributed by atoms with E-state index in [4.69, 9.17) is 4.74 Å². The highest BCUT2D eigenvalue weighted by molar-refractivity contribution is 5.67. The summed E-state index contributed by atoms with van der Waals surface area (Å²) >= 11 is 0. The molecule has 4 rings (SSSR count). The number of aliphatic hydroxyl groups is 1. The van der Waals surface area contributed by atoms with E-state index in [1.165, 1.54) is 4.90 Å². The van der Waals surface area contributed by atoms with Crippen LogP contribution in [0.25, 0.3) is 0 Å². The number of rotatable bonds is 8. The van der Waals surface area contributed by atoms with Crippen LogP contribution in [0.3, 0.4) is 0 Å². The average Bonchev–Trinajstić information content (AvgIpc) is 3.43. The summed E-state index contributed by atoms with van der Waals surface area (Å²) in [7, 11) is 0. The van der Waals surface area contributed by atoms with Crippen LogP contribution in [0.5, 0.6) is 0 Å². The van der Waals surface area contributed by atoms with Gasteiger partial charge < -0.3 is 15.2 Å². The first-order chi connectivity index (χ1) is 16.3. The molecule has 184 valence electrons. The van der Waals surface area contributed by atoms with Crippen LogP contribution >= 0.6 is 0 Å². The first kappa shape index (κ1) is 24.5. The molecule has 5 atom stereocenters. The molecule has 0 spiro atoms. The summed E-state index contributed by atoms with van der Waals surface area (Å²) in [5.74, 6) is -0.0856. The second kappa shape index (κ2) is 10.8. The number of likely N-dealkylation sites (tertiary alicyclic amines) is 1. The Morgan fingerprint density at radius 2 is 1.71 bits per heavy atom. The lowest BCUT2D eigenvalue weighted by Gasteiger charge is -2.40. The van der Waals surface area contributed by atoms with Crippen molar-refractivity contribution in [3.05, 3.63) is 71.8 Å². The number of nitrogens with one attached hydrogen (secondary N) is 1. The van der Waals surface area contributed by atoms with Crippen molar-refractivity contribution in [3.8, 4) is 0 Å². The lowest BCUT2D eigenvalue weighted by molar-refractivity contribution is -0.192. The molecule has 1 aliphatic heterocycles. The zero-order valence-electron chi connectivity index (χ0n) is 19.0. The maximum Gasteiger partial charge on any atom is 0.408 e. The van der Waals surface area contributed by atoms with Gasteiger partial charge >= 0.3 is 12.3 Å². The molecule has 1 saturated heterocycles. The molecule has 0 bridgehead atoms. The van der Waals surface area contributed by atoms with Crippen LogP contribution in [0, 0.1) is 5.92 Å². The van der Waals surface area contributed by atoms with Gasteiger partial charge in [-0.2, -0.15) is 13.2 Å². The van der Waals surface area contributed by atoms with Gasteiger partial charge in [-0.3, -0.25) is 4.90 Å². The van der Waals surface area contributed by atoms with Crippen LogP contribution in [-0.2, 0) is 17.8 Å². The lowest BCUT2D eigenvalue weighted by atomic mass is 10.0. The molecule has 2 aromatic rings. The standard InChI is InChI=1S/C26H31F3N2O3/c27-26(28,29)23-16-20-12-7-13-21(20)31(23)24(22(32)15-14-18-8-3-1-4-9-18)30-25(33)34-17-19-10-5-2-6-11-19/h1-6,8-11,20-24,32H,7,12-17H2,(H,30,33)/t20-,21-,22?,23-,24?/m0/s1. The Morgan fingerprint density at radius 1 is 1.06 bits per heavy atom. The van der Waals surface area contributed by atoms with Crippen LogP contribution in [0.4, 0.5) is 18.0 Å². The van der Waals surface area contributed by atoms with Crippen molar-refractivity contribution in [3.63, 3.8) is 0 Å². The van der Waals surface area contributed by atoms with Crippen LogP contribution < -0.4 is 5.32 Å². The highest BCUT2D eigenvalue weighted by Gasteiger charge is 2.57. The van der Waals surface area contributed by atoms with Crippen molar-refractivity contribution in [2.24, 2.45) is 5.92 Å². The maximum absolute atomic E-state index is 14.0. The van der Waals surface area contributed by atoms with Gasteiger partial charge in [-0.1, -0.05) is 67.1 Å². The number of aryl methyl sites for hydroxylation is 1. The fraction of sp³-hybridized carbons (Fsp3) is 0.500. The number of halogens is 3. The first-order valence-electron chi connectivity index (χ1n) is 11.9. The Balaban J connectivity index is 1.51. The summed E-state index contributed by atoms with van der Waals surface area (Å²) in [4.78, 5) is 14.0. The number of carbonyl (C=O) groups excluding carboxylic acids is 1. The zero-order chi connectivity index (χ0) is 24.1. The fourth-order valence-corrected chi connectivity index (χ4v) is 5.40. The predicted octanol–water partition coefficient (Wildman–Crippen LogP) is 5.04. The normalized spacial score (nSPS) is 24.4. The summed E-state index contributed by atoms with van der Waals surface area (Å²) in [6.07, 6.45) is -4.76. The molecule has 34 heavy (non-hydrogen) atoms. The Labute approximate surface area is 197 Å². The Kier molecular flexibility index (Phi) is 7.78. The van der Waals surface area contributed by atoms with E-state index in [9.17, 15) is 23.1 Å². The van der Waals surface area contributed by atoms with E-state index in [1.54, 1.807) is 12.1 Å². The van der Waals surface area contributed by atoms with E-state index < -0.39 is 30.6 Å². The van der Waals surface area contributed by atoms with Crippen molar-refractivity contribution in [2.75, 3.05) is 0 Å². The number of alkyl halides is 3. The average molecular weight is 477 g/mol. The van der Waals surface area contributed by atoms with Crippen LogP contribution in [0.15, 0.2) is 60.7 Å². The van der Waals surface area contributed by atoms with Gasteiger partial charge in [-0.05, 0) is 49.1 Å². The Hall–Kier alpha value is -2.58. The van der Waals surface area contributed by atoms with Gasteiger partial charge in [-0.25, -0.2) is 4.79 Å². The number of hydrogen-bond acceptors (Lipinski definition) is 4. The fourth-order valence-electron chi connectivity index (χ4n) is 5.40. The third kappa shape index (κ3) is 5.91. The summed E-state index contributed by atoms with van der Waals surface area (Å²) in [6.45, 7) is -0.00570. The van der Waals surface area contributed by atoms with Crippen LogP contribution in [0.2, 0.25) is 0 Å². The summed E-state index contributed by atoms with van der Waals surface area (Å²) < 4.78 is 47.4. The van der Waals surface area contributed by atoms with Crippen molar-refractivity contribution in [1.82, 2.24) is 10.2 Å². The van der Waals surface area contributed by atoms with Crippen molar-refractivity contribution in [1.29, 1.82) is 0 Å². The number of aliphatic hydroxyl groups excluding tert-OH is 1. The number of carbonyl (C=O) groups is 1. The van der Waals surface area contributed by atoms with Crippen molar-refractivity contribution >= 4 is 6.09 Å². The van der Waals surface area contributed by atoms with E-state index >= 15 is 0 Å². The van der Waals surface area contributed by atoms with Gasteiger partial charge in [0.15, 0.2) is 0 Å². The summed E-state index contributed by atoms with van der Waals surface area (Å²) in [5, 5.41) is 13.7. The molecule has 2 fully saturated rings. The number of amides is 1. The van der Waals surface area contributed by atoms with Gasteiger partial charge in [0.25, 0.3) is 0 Å². The molecular formula is C26H31F3N2O3. The predicted molar refractivity (Wildman–Crippen MR) is 122 cm³/mol. The lowest BCUT2D eigenvalue weighted by Crippen LogP contribution is -2.61. The molecule has 2 aliphatic rings. The van der Waals surface area contributed by atoms with E-state index in [0.29, 0.717) is 12.8 Å². The van der Waals surface area contributed by atoms with E-state index in [2.05, 4.69) is 5.32 Å². The molecule has 2 unspecified atom stereocenters. The molecule has 1 heterocycles. The molecule has 1 saturated carbocycles. The van der Waals surface area contributed by atoms with Crippen molar-refractivity contribution in [2.45, 2.75) is 75.7 Å².